The second kappa shape index (κ2) is 8.52. The molecule has 176 valence electrons. The Kier molecular flexibility index (Phi) is 5.32. The van der Waals surface area contributed by atoms with E-state index in [2.05, 4.69) is 6.07 Å². The molecule has 2 fully saturated rings. The van der Waals surface area contributed by atoms with Crippen molar-refractivity contribution in [3.05, 3.63) is 76.2 Å². The molecule has 2 saturated heterocycles. The fraction of sp³-hybridized carbons (Fsp3) is 0.296. The number of hydrogen-bond acceptors (Lipinski definition) is 7. The maximum atomic E-state index is 13.9. The van der Waals surface area contributed by atoms with Crippen molar-refractivity contribution in [2.75, 3.05) is 17.1 Å². The Hall–Kier alpha value is -3.67. The molecule has 3 aromatic rings. The lowest BCUT2D eigenvalue weighted by Crippen LogP contribution is -2.37. The van der Waals surface area contributed by atoms with E-state index in [1.54, 1.807) is 12.2 Å². The van der Waals surface area contributed by atoms with Gasteiger partial charge >= 0.3 is 0 Å². The standard InChI is InChI=1S/C27H23N3O4S/c1-33-18-13-11-16(12-14-18)23-22-24(34-30(23)17-7-3-2-4-8-17)26(32)29(25(22)31)27-20(15-28)19-9-5-6-10-21(19)35-27/h2-4,7-8,11-14,22-24H,5-6,9-10H2,1H3/t22-,23+,24+/m0/s1. The third-order valence-corrected chi connectivity index (χ3v) is 8.33. The molecule has 3 aliphatic rings. The van der Waals surface area contributed by atoms with Crippen molar-refractivity contribution in [2.24, 2.45) is 5.92 Å². The highest BCUT2D eigenvalue weighted by Gasteiger charge is 2.61. The van der Waals surface area contributed by atoms with Crippen LogP contribution in [-0.2, 0) is 27.3 Å². The Bertz CT molecular complexity index is 1350. The smallest absolute Gasteiger partial charge is 0.267 e. The molecule has 0 bridgehead atoms. The van der Waals surface area contributed by atoms with E-state index in [9.17, 15) is 14.9 Å². The number of imide groups is 1. The van der Waals surface area contributed by atoms with E-state index in [-0.39, 0.29) is 5.91 Å². The first-order valence-electron chi connectivity index (χ1n) is 11.7. The Balaban J connectivity index is 1.43. The second-order valence-corrected chi connectivity index (χ2v) is 10.0. The molecule has 0 unspecified atom stereocenters. The van der Waals surface area contributed by atoms with E-state index < -0.39 is 24.0 Å². The highest BCUT2D eigenvalue weighted by molar-refractivity contribution is 7.17. The number of para-hydroxylation sites is 1. The third-order valence-electron chi connectivity index (χ3n) is 7.05. The number of hydrogen-bond donors (Lipinski definition) is 0. The van der Waals surface area contributed by atoms with Crippen LogP contribution in [0.3, 0.4) is 0 Å². The minimum absolute atomic E-state index is 0.325. The summed E-state index contributed by atoms with van der Waals surface area (Å²) in [6.07, 6.45) is 2.80. The van der Waals surface area contributed by atoms with Crippen LogP contribution in [0.25, 0.3) is 0 Å². The number of methoxy groups -OCH3 is 1. The average Bonchev–Trinajstić information content (AvgIpc) is 3.54. The molecule has 0 N–H and O–H groups in total. The van der Waals surface area contributed by atoms with Crippen LogP contribution in [-0.4, -0.2) is 25.0 Å². The zero-order valence-electron chi connectivity index (χ0n) is 19.1. The molecule has 2 amide bonds. The summed E-state index contributed by atoms with van der Waals surface area (Å²) >= 11 is 1.41. The predicted molar refractivity (Wildman–Crippen MR) is 131 cm³/mol. The Morgan fingerprint density at radius 3 is 2.49 bits per heavy atom. The number of benzene rings is 2. The first-order valence-corrected chi connectivity index (χ1v) is 12.5. The highest BCUT2D eigenvalue weighted by atomic mass is 32.1. The summed E-state index contributed by atoms with van der Waals surface area (Å²) < 4.78 is 5.30. The summed E-state index contributed by atoms with van der Waals surface area (Å²) in [5, 5.41) is 12.1. The Morgan fingerprint density at radius 2 is 1.77 bits per heavy atom. The quantitative estimate of drug-likeness (QED) is 0.504. The van der Waals surface area contributed by atoms with Crippen molar-refractivity contribution in [2.45, 2.75) is 37.8 Å². The Morgan fingerprint density at radius 1 is 1.03 bits per heavy atom. The van der Waals surface area contributed by atoms with Gasteiger partial charge in [-0.05, 0) is 61.1 Å². The topological polar surface area (TPSA) is 82.9 Å². The zero-order chi connectivity index (χ0) is 24.1. The molecule has 1 aliphatic carbocycles. The van der Waals surface area contributed by atoms with E-state index in [0.717, 1.165) is 47.4 Å². The molecule has 8 heteroatoms. The van der Waals surface area contributed by atoms with Crippen molar-refractivity contribution < 1.29 is 19.2 Å². The molecule has 6 rings (SSSR count). The van der Waals surface area contributed by atoms with E-state index in [4.69, 9.17) is 9.57 Å². The molecular formula is C27H23N3O4S. The van der Waals surface area contributed by atoms with Crippen LogP contribution in [0.1, 0.15) is 40.5 Å². The number of carbonyl (C=O) groups excluding carboxylic acids is 2. The number of hydroxylamine groups is 1. The number of carbonyl (C=O) groups is 2. The fourth-order valence-corrected chi connectivity index (χ4v) is 6.73. The van der Waals surface area contributed by atoms with E-state index in [1.165, 1.54) is 16.2 Å². The van der Waals surface area contributed by atoms with Gasteiger partial charge in [-0.3, -0.25) is 14.4 Å². The maximum absolute atomic E-state index is 13.9. The lowest BCUT2D eigenvalue weighted by atomic mass is 9.90. The molecule has 3 heterocycles. The SMILES string of the molecule is COc1ccc([C@@H]2[C@@H]3C(=O)N(c4sc5c(c4C#N)CCCC5)C(=O)[C@@H]3ON2c2ccccc2)cc1. The number of fused-ring (bicyclic) bond motifs is 2. The fourth-order valence-electron chi connectivity index (χ4n) is 5.38. The van der Waals surface area contributed by atoms with Gasteiger partial charge in [0.2, 0.25) is 5.91 Å². The average molecular weight is 486 g/mol. The van der Waals surface area contributed by atoms with Gasteiger partial charge in [0, 0.05) is 4.88 Å². The lowest BCUT2D eigenvalue weighted by molar-refractivity contribution is -0.126. The van der Waals surface area contributed by atoms with Crippen LogP contribution in [0, 0.1) is 17.2 Å². The number of ether oxygens (including phenoxy) is 1. The largest absolute Gasteiger partial charge is 0.497 e. The number of amides is 2. The van der Waals surface area contributed by atoms with Gasteiger partial charge in [0.1, 0.15) is 22.7 Å². The summed E-state index contributed by atoms with van der Waals surface area (Å²) in [6, 6.07) is 18.7. The van der Waals surface area contributed by atoms with Gasteiger partial charge in [-0.15, -0.1) is 11.3 Å². The van der Waals surface area contributed by atoms with Gasteiger partial charge in [-0.1, -0.05) is 30.3 Å². The normalized spacial score (nSPS) is 23.3. The van der Waals surface area contributed by atoms with E-state index >= 15 is 0 Å². The van der Waals surface area contributed by atoms with Crippen molar-refractivity contribution in [1.29, 1.82) is 5.26 Å². The number of nitrogens with zero attached hydrogens (tertiary/aromatic N) is 3. The molecule has 2 aliphatic heterocycles. The monoisotopic (exact) mass is 485 g/mol. The molecule has 2 aromatic carbocycles. The number of aryl methyl sites for hydroxylation is 1. The summed E-state index contributed by atoms with van der Waals surface area (Å²) in [6.45, 7) is 0. The van der Waals surface area contributed by atoms with Gasteiger partial charge in [-0.25, -0.2) is 9.96 Å². The lowest BCUT2D eigenvalue weighted by Gasteiger charge is -2.28. The number of rotatable bonds is 4. The molecule has 0 saturated carbocycles. The van der Waals surface area contributed by atoms with E-state index in [0.29, 0.717) is 16.3 Å². The Labute approximate surface area is 207 Å². The zero-order valence-corrected chi connectivity index (χ0v) is 20.0. The van der Waals surface area contributed by atoms with Crippen LogP contribution in [0.15, 0.2) is 54.6 Å². The van der Waals surface area contributed by atoms with Gasteiger partial charge < -0.3 is 4.74 Å². The highest BCUT2D eigenvalue weighted by Crippen LogP contribution is 2.50. The van der Waals surface area contributed by atoms with Crippen LogP contribution in [0.4, 0.5) is 10.7 Å². The molecule has 35 heavy (non-hydrogen) atoms. The van der Waals surface area contributed by atoms with Crippen molar-refractivity contribution in [3.8, 4) is 11.8 Å². The van der Waals surface area contributed by atoms with Crippen LogP contribution < -0.4 is 14.7 Å². The first kappa shape index (κ1) is 21.8. The van der Waals surface area contributed by atoms with Crippen molar-refractivity contribution in [1.82, 2.24) is 0 Å². The number of thiophene rings is 1. The number of nitriles is 1. The molecular weight excluding hydrogens is 462 g/mol. The van der Waals surface area contributed by atoms with E-state index in [1.807, 2.05) is 54.6 Å². The molecule has 3 atom stereocenters. The molecule has 1 aromatic heterocycles. The summed E-state index contributed by atoms with van der Waals surface area (Å²) in [5.74, 6) is -0.767. The van der Waals surface area contributed by atoms with Gasteiger partial charge in [0.25, 0.3) is 5.91 Å². The van der Waals surface area contributed by atoms with Gasteiger partial charge in [-0.2, -0.15) is 5.26 Å². The number of anilines is 2. The summed E-state index contributed by atoms with van der Waals surface area (Å²) in [5.41, 5.74) is 3.07. The minimum atomic E-state index is -0.958. The van der Waals surface area contributed by atoms with Crippen LogP contribution >= 0.6 is 11.3 Å². The van der Waals surface area contributed by atoms with Crippen LogP contribution in [0.5, 0.6) is 5.75 Å². The van der Waals surface area contributed by atoms with Gasteiger partial charge in [0.15, 0.2) is 6.10 Å². The summed E-state index contributed by atoms with van der Waals surface area (Å²) in [7, 11) is 1.60. The first-order chi connectivity index (χ1) is 17.1. The maximum Gasteiger partial charge on any atom is 0.267 e. The predicted octanol–water partition coefficient (Wildman–Crippen LogP) is 4.56. The molecule has 0 spiro atoms. The van der Waals surface area contributed by atoms with Crippen molar-refractivity contribution in [3.63, 3.8) is 0 Å². The molecule has 0 radical (unpaired) electrons. The third kappa shape index (κ3) is 3.34. The molecule has 7 nitrogen and oxygen atoms in total. The van der Waals surface area contributed by atoms with Crippen LogP contribution in [0.2, 0.25) is 0 Å². The minimum Gasteiger partial charge on any atom is -0.497 e. The van der Waals surface area contributed by atoms with Crippen molar-refractivity contribution >= 4 is 33.8 Å². The second-order valence-electron chi connectivity index (χ2n) is 8.95. The summed E-state index contributed by atoms with van der Waals surface area (Å²) in [4.78, 5) is 36.1. The van der Waals surface area contributed by atoms with Gasteiger partial charge in [0.05, 0.1) is 24.4 Å².